The van der Waals surface area contributed by atoms with E-state index in [1.165, 1.54) is 13.3 Å². The van der Waals surface area contributed by atoms with Gasteiger partial charge in [0, 0.05) is 17.3 Å². The van der Waals surface area contributed by atoms with Gasteiger partial charge in [0.05, 0.1) is 13.3 Å². The molecule has 3 aromatic carbocycles. The Labute approximate surface area is 229 Å². The van der Waals surface area contributed by atoms with Crippen LogP contribution < -0.4 is 35.0 Å². The third-order valence-electron chi connectivity index (χ3n) is 5.50. The van der Waals surface area contributed by atoms with Crippen molar-refractivity contribution in [3.05, 3.63) is 76.3 Å². The molecule has 0 bridgehead atoms. The minimum atomic E-state index is -0.931. The van der Waals surface area contributed by atoms with Gasteiger partial charge in [0.1, 0.15) is 0 Å². The summed E-state index contributed by atoms with van der Waals surface area (Å²) in [6, 6.07) is 15.3. The van der Waals surface area contributed by atoms with Crippen molar-refractivity contribution in [1.82, 2.24) is 10.7 Å². The molecule has 4 rings (SSSR count). The second-order valence-corrected chi connectivity index (χ2v) is 8.71. The molecule has 0 aromatic heterocycles. The van der Waals surface area contributed by atoms with Crippen molar-refractivity contribution in [2.45, 2.75) is 13.5 Å². The Morgan fingerprint density at radius 1 is 1.00 bits per heavy atom. The number of nitrogens with zero attached hydrogens (tertiary/aromatic N) is 1. The van der Waals surface area contributed by atoms with Crippen LogP contribution in [0.15, 0.2) is 59.7 Å². The predicted octanol–water partition coefficient (Wildman–Crippen LogP) is 3.17. The molecule has 0 fully saturated rings. The maximum absolute atomic E-state index is 12.3. The number of halogens is 1. The van der Waals surface area contributed by atoms with Crippen molar-refractivity contribution in [3.63, 3.8) is 0 Å². The molecule has 1 aliphatic heterocycles. The van der Waals surface area contributed by atoms with Gasteiger partial charge in [0.15, 0.2) is 29.6 Å². The third-order valence-corrected chi connectivity index (χ3v) is 5.73. The van der Waals surface area contributed by atoms with Gasteiger partial charge < -0.3 is 29.6 Å². The average Bonchev–Trinajstić information content (AvgIpc) is 3.40. The molecule has 12 heteroatoms. The molecule has 0 radical (unpaired) electrons. The number of ether oxygens (including phenoxy) is 4. The lowest BCUT2D eigenvalue weighted by atomic mass is 10.2. The zero-order valence-corrected chi connectivity index (χ0v) is 21.8. The van der Waals surface area contributed by atoms with E-state index in [4.69, 9.17) is 30.5 Å². The monoisotopic (exact) mass is 552 g/mol. The fourth-order valence-electron chi connectivity index (χ4n) is 3.47. The van der Waals surface area contributed by atoms with Crippen LogP contribution in [0.3, 0.4) is 0 Å². The molecule has 1 heterocycles. The Morgan fingerprint density at radius 2 is 1.82 bits per heavy atom. The van der Waals surface area contributed by atoms with Crippen LogP contribution in [0.25, 0.3) is 0 Å². The van der Waals surface area contributed by atoms with E-state index in [2.05, 4.69) is 21.2 Å². The summed E-state index contributed by atoms with van der Waals surface area (Å²) in [5.41, 5.74) is 4.93. The van der Waals surface area contributed by atoms with Crippen LogP contribution in [0.1, 0.15) is 16.7 Å². The molecule has 1 aliphatic rings. The molecule has 0 aliphatic carbocycles. The zero-order chi connectivity index (χ0) is 27.8. The Bertz CT molecular complexity index is 1430. The normalized spacial score (nSPS) is 11.7. The van der Waals surface area contributed by atoms with Gasteiger partial charge in [-0.3, -0.25) is 14.4 Å². The van der Waals surface area contributed by atoms with Gasteiger partial charge in [-0.1, -0.05) is 23.7 Å². The SMILES string of the molecule is COc1cc(/C=N\NC(=O)C(=O)NCc2ccc3c(c2)OCO3)ccc1OCC(=O)Nc1cc(Cl)ccc1C. The summed E-state index contributed by atoms with van der Waals surface area (Å²) in [6.07, 6.45) is 1.34. The molecule has 0 saturated heterocycles. The lowest BCUT2D eigenvalue weighted by Crippen LogP contribution is -2.37. The van der Waals surface area contributed by atoms with E-state index < -0.39 is 11.8 Å². The van der Waals surface area contributed by atoms with Crippen LogP contribution in [-0.4, -0.2) is 44.4 Å². The number of hydrogen-bond acceptors (Lipinski definition) is 8. The molecule has 3 aromatic rings. The van der Waals surface area contributed by atoms with Crippen LogP contribution >= 0.6 is 11.6 Å². The number of fused-ring (bicyclic) bond motifs is 1. The molecule has 11 nitrogen and oxygen atoms in total. The minimum absolute atomic E-state index is 0.127. The number of benzene rings is 3. The maximum atomic E-state index is 12.3. The lowest BCUT2D eigenvalue weighted by molar-refractivity contribution is -0.139. The van der Waals surface area contributed by atoms with Crippen LogP contribution in [0.5, 0.6) is 23.0 Å². The highest BCUT2D eigenvalue weighted by atomic mass is 35.5. The molecule has 0 unspecified atom stereocenters. The number of amides is 3. The number of rotatable bonds is 9. The number of aryl methyl sites for hydroxylation is 1. The van der Waals surface area contributed by atoms with E-state index >= 15 is 0 Å². The highest BCUT2D eigenvalue weighted by molar-refractivity contribution is 6.35. The highest BCUT2D eigenvalue weighted by Crippen LogP contribution is 2.32. The second-order valence-electron chi connectivity index (χ2n) is 8.28. The highest BCUT2D eigenvalue weighted by Gasteiger charge is 2.16. The van der Waals surface area contributed by atoms with Crippen molar-refractivity contribution >= 4 is 41.2 Å². The molecular weight excluding hydrogens is 528 g/mol. The van der Waals surface area contributed by atoms with Crippen molar-refractivity contribution < 1.29 is 33.3 Å². The first-order chi connectivity index (χ1) is 18.8. The van der Waals surface area contributed by atoms with Gasteiger partial charge in [-0.25, -0.2) is 5.43 Å². The number of nitrogens with one attached hydrogen (secondary N) is 3. The van der Waals surface area contributed by atoms with E-state index in [1.807, 2.05) is 6.92 Å². The standard InChI is InChI=1S/C27H25ClN4O7/c1-16-3-6-19(28)11-20(16)31-25(33)14-37-21-7-5-18(9-23(21)36-2)13-30-32-27(35)26(34)29-12-17-4-8-22-24(10-17)39-15-38-22/h3-11,13H,12,14-15H2,1-2H3,(H,29,34)(H,31,33)(H,32,35)/b30-13-. The molecule has 0 saturated carbocycles. The fourth-order valence-corrected chi connectivity index (χ4v) is 3.64. The van der Waals surface area contributed by atoms with Crippen LogP contribution in [0.4, 0.5) is 5.69 Å². The van der Waals surface area contributed by atoms with E-state index in [0.717, 1.165) is 11.1 Å². The smallest absolute Gasteiger partial charge is 0.329 e. The number of hydrazone groups is 1. The largest absolute Gasteiger partial charge is 0.493 e. The van der Waals surface area contributed by atoms with Crippen molar-refractivity contribution in [1.29, 1.82) is 0 Å². The fraction of sp³-hybridized carbons (Fsp3) is 0.185. The van der Waals surface area contributed by atoms with Crippen LogP contribution in [0, 0.1) is 6.92 Å². The van der Waals surface area contributed by atoms with Gasteiger partial charge in [-0.2, -0.15) is 5.10 Å². The predicted molar refractivity (Wildman–Crippen MR) is 143 cm³/mol. The summed E-state index contributed by atoms with van der Waals surface area (Å²) in [5, 5.41) is 9.58. The number of carbonyl (C=O) groups is 3. The Balaban J connectivity index is 1.25. The molecule has 0 spiro atoms. The van der Waals surface area contributed by atoms with Gasteiger partial charge in [0.25, 0.3) is 5.91 Å². The van der Waals surface area contributed by atoms with E-state index in [0.29, 0.717) is 39.3 Å². The maximum Gasteiger partial charge on any atom is 0.329 e. The Kier molecular flexibility index (Phi) is 8.85. The van der Waals surface area contributed by atoms with E-state index in [-0.39, 0.29) is 25.9 Å². The summed E-state index contributed by atoms with van der Waals surface area (Å²) in [6.45, 7) is 1.87. The van der Waals surface area contributed by atoms with Crippen molar-refractivity contribution in [2.75, 3.05) is 25.8 Å². The van der Waals surface area contributed by atoms with Crippen molar-refractivity contribution in [2.24, 2.45) is 5.10 Å². The number of carbonyl (C=O) groups excluding carboxylic acids is 3. The zero-order valence-electron chi connectivity index (χ0n) is 21.1. The first-order valence-electron chi connectivity index (χ1n) is 11.7. The summed E-state index contributed by atoms with van der Waals surface area (Å²) in [5.74, 6) is -0.260. The summed E-state index contributed by atoms with van der Waals surface area (Å²) < 4.78 is 21.5. The Morgan fingerprint density at radius 3 is 2.64 bits per heavy atom. The summed E-state index contributed by atoms with van der Waals surface area (Å²) >= 11 is 5.99. The minimum Gasteiger partial charge on any atom is -0.493 e. The van der Waals surface area contributed by atoms with Crippen molar-refractivity contribution in [3.8, 4) is 23.0 Å². The summed E-state index contributed by atoms with van der Waals surface area (Å²) in [4.78, 5) is 36.5. The van der Waals surface area contributed by atoms with Gasteiger partial charge in [0.2, 0.25) is 6.79 Å². The topological polar surface area (TPSA) is 137 Å². The van der Waals surface area contributed by atoms with Crippen LogP contribution in [-0.2, 0) is 20.9 Å². The average molecular weight is 553 g/mol. The van der Waals surface area contributed by atoms with Gasteiger partial charge in [-0.05, 0) is 66.1 Å². The van der Waals surface area contributed by atoms with E-state index in [1.54, 1.807) is 54.6 Å². The number of hydrogen-bond donors (Lipinski definition) is 3. The first kappa shape index (κ1) is 27.3. The number of methoxy groups -OCH3 is 1. The van der Waals surface area contributed by atoms with E-state index in [9.17, 15) is 14.4 Å². The lowest BCUT2D eigenvalue weighted by Gasteiger charge is -2.12. The molecular formula is C27H25ClN4O7. The summed E-state index contributed by atoms with van der Waals surface area (Å²) in [7, 11) is 1.45. The molecule has 3 N–H and O–H groups in total. The first-order valence-corrected chi connectivity index (χ1v) is 12.1. The van der Waals surface area contributed by atoms with Crippen LogP contribution in [0.2, 0.25) is 5.02 Å². The van der Waals surface area contributed by atoms with Gasteiger partial charge >= 0.3 is 11.8 Å². The second kappa shape index (κ2) is 12.7. The third kappa shape index (κ3) is 7.39. The number of anilines is 1. The Hall–Kier alpha value is -4.77. The molecule has 39 heavy (non-hydrogen) atoms. The molecule has 3 amide bonds. The quantitative estimate of drug-likeness (QED) is 0.211. The van der Waals surface area contributed by atoms with Gasteiger partial charge in [-0.15, -0.1) is 0 Å². The molecule has 0 atom stereocenters. The molecule has 202 valence electrons.